The van der Waals surface area contributed by atoms with Gasteiger partial charge in [0.2, 0.25) is 0 Å². The van der Waals surface area contributed by atoms with Gasteiger partial charge >= 0.3 is 5.97 Å². The summed E-state index contributed by atoms with van der Waals surface area (Å²) in [6, 6.07) is 9.49. The van der Waals surface area contributed by atoms with Crippen LogP contribution in [-0.4, -0.2) is 33.6 Å². The number of allylic oxidation sites excluding steroid dienone is 1. The van der Waals surface area contributed by atoms with E-state index in [4.69, 9.17) is 4.74 Å². The molecule has 0 spiro atoms. The summed E-state index contributed by atoms with van der Waals surface area (Å²) in [6.07, 6.45) is 1.75. The van der Waals surface area contributed by atoms with Crippen molar-refractivity contribution < 1.29 is 14.3 Å². The number of methoxy groups -OCH3 is 1. The fraction of sp³-hybridized carbons (Fsp3) is 0.267. The van der Waals surface area contributed by atoms with Gasteiger partial charge < -0.3 is 9.47 Å². The summed E-state index contributed by atoms with van der Waals surface area (Å²) in [5, 5.41) is 8.85. The normalized spacial score (nSPS) is 10.2. The summed E-state index contributed by atoms with van der Waals surface area (Å²) in [4.78, 5) is 11.2. The number of esters is 1. The van der Waals surface area contributed by atoms with Gasteiger partial charge in [-0.3, -0.25) is 9.36 Å². The van der Waals surface area contributed by atoms with Crippen LogP contribution in [-0.2, 0) is 22.7 Å². The van der Waals surface area contributed by atoms with Crippen molar-refractivity contribution in [2.75, 3.05) is 12.9 Å². The molecule has 7 heteroatoms. The fourth-order valence-electron chi connectivity index (χ4n) is 1.69. The highest BCUT2D eigenvalue weighted by atomic mass is 32.2. The van der Waals surface area contributed by atoms with Crippen molar-refractivity contribution in [1.82, 2.24) is 14.8 Å². The van der Waals surface area contributed by atoms with Gasteiger partial charge in [-0.05, 0) is 12.1 Å². The molecule has 0 aliphatic heterocycles. The summed E-state index contributed by atoms with van der Waals surface area (Å²) < 4.78 is 12.2. The third-order valence-corrected chi connectivity index (χ3v) is 3.70. The zero-order valence-electron chi connectivity index (χ0n) is 12.3. The van der Waals surface area contributed by atoms with Crippen LogP contribution >= 0.6 is 11.8 Å². The molecular weight excluding hydrogens is 302 g/mol. The Bertz CT molecular complexity index is 628. The SMILES string of the molecule is C=CCn1c(COc2ccccc2)nnc1SCC(=O)OC. The number of carbonyl (C=O) groups is 1. The molecule has 22 heavy (non-hydrogen) atoms. The zero-order valence-corrected chi connectivity index (χ0v) is 13.1. The maximum Gasteiger partial charge on any atom is 0.316 e. The Hall–Kier alpha value is -2.28. The Kier molecular flexibility index (Phi) is 6.02. The standard InChI is InChI=1S/C15H17N3O3S/c1-3-9-18-13(10-21-12-7-5-4-6-8-12)16-17-15(18)22-11-14(19)20-2/h3-8H,1,9-11H2,2H3. The van der Waals surface area contributed by atoms with E-state index in [1.165, 1.54) is 18.9 Å². The summed E-state index contributed by atoms with van der Waals surface area (Å²) in [5.41, 5.74) is 0. The second-order valence-corrected chi connectivity index (χ2v) is 5.21. The molecule has 1 aromatic carbocycles. The van der Waals surface area contributed by atoms with E-state index >= 15 is 0 Å². The Balaban J connectivity index is 2.05. The van der Waals surface area contributed by atoms with E-state index in [1.54, 1.807) is 6.08 Å². The average Bonchev–Trinajstić information content (AvgIpc) is 2.94. The number of thioether (sulfide) groups is 1. The van der Waals surface area contributed by atoms with E-state index in [-0.39, 0.29) is 11.7 Å². The smallest absolute Gasteiger partial charge is 0.316 e. The number of benzene rings is 1. The topological polar surface area (TPSA) is 66.2 Å². The summed E-state index contributed by atoms with van der Waals surface area (Å²) in [5.74, 6) is 1.32. The summed E-state index contributed by atoms with van der Waals surface area (Å²) in [7, 11) is 1.36. The fourth-order valence-corrected chi connectivity index (χ4v) is 2.49. The van der Waals surface area contributed by atoms with E-state index in [1.807, 2.05) is 34.9 Å². The number of nitrogens with zero attached hydrogens (tertiary/aromatic N) is 3. The molecule has 0 atom stereocenters. The molecule has 0 saturated heterocycles. The van der Waals surface area contributed by atoms with Gasteiger partial charge in [-0.1, -0.05) is 36.0 Å². The molecule has 0 aliphatic carbocycles. The summed E-state index contributed by atoms with van der Waals surface area (Å²) >= 11 is 1.27. The van der Waals surface area contributed by atoms with Crippen LogP contribution in [0.5, 0.6) is 5.75 Å². The highest BCUT2D eigenvalue weighted by Crippen LogP contribution is 2.18. The predicted octanol–water partition coefficient (Wildman–Crippen LogP) is 2.31. The van der Waals surface area contributed by atoms with E-state index in [0.717, 1.165) is 5.75 Å². The predicted molar refractivity (Wildman–Crippen MR) is 83.7 cm³/mol. The summed E-state index contributed by atoms with van der Waals surface area (Å²) in [6.45, 7) is 4.57. The average molecular weight is 319 g/mol. The van der Waals surface area contributed by atoms with Crippen LogP contribution in [0.4, 0.5) is 0 Å². The number of hydrogen-bond acceptors (Lipinski definition) is 6. The first-order chi connectivity index (χ1) is 10.7. The van der Waals surface area contributed by atoms with Gasteiger partial charge in [0.25, 0.3) is 0 Å². The van der Waals surface area contributed by atoms with Crippen LogP contribution in [0.15, 0.2) is 48.1 Å². The first-order valence-corrected chi connectivity index (χ1v) is 7.63. The minimum Gasteiger partial charge on any atom is -0.486 e. The third kappa shape index (κ3) is 4.36. The van der Waals surface area contributed by atoms with E-state index in [9.17, 15) is 4.79 Å². The van der Waals surface area contributed by atoms with Crippen molar-refractivity contribution in [2.24, 2.45) is 0 Å². The Morgan fingerprint density at radius 1 is 1.36 bits per heavy atom. The van der Waals surface area contributed by atoms with Gasteiger partial charge in [-0.25, -0.2) is 0 Å². The first-order valence-electron chi connectivity index (χ1n) is 6.65. The number of rotatable bonds is 8. The molecule has 0 amide bonds. The largest absolute Gasteiger partial charge is 0.486 e. The van der Waals surface area contributed by atoms with Crippen molar-refractivity contribution in [1.29, 1.82) is 0 Å². The second kappa shape index (κ2) is 8.23. The number of carbonyl (C=O) groups excluding carboxylic acids is 1. The van der Waals surface area contributed by atoms with Gasteiger partial charge in [0.1, 0.15) is 12.4 Å². The molecular formula is C15H17N3O3S. The molecule has 2 aromatic rings. The molecule has 0 radical (unpaired) electrons. The molecule has 0 bridgehead atoms. The maximum atomic E-state index is 11.2. The van der Waals surface area contributed by atoms with Gasteiger partial charge in [0, 0.05) is 6.54 Å². The Labute approximate surface area is 133 Å². The Morgan fingerprint density at radius 3 is 2.82 bits per heavy atom. The minimum absolute atomic E-state index is 0.186. The van der Waals surface area contributed by atoms with Crippen LogP contribution in [0.25, 0.3) is 0 Å². The van der Waals surface area contributed by atoms with E-state index in [2.05, 4.69) is 21.5 Å². The molecule has 0 aliphatic rings. The molecule has 1 heterocycles. The van der Waals surface area contributed by atoms with Crippen molar-refractivity contribution in [2.45, 2.75) is 18.3 Å². The molecule has 0 unspecified atom stereocenters. The van der Waals surface area contributed by atoms with Crippen LogP contribution in [0, 0.1) is 0 Å². The van der Waals surface area contributed by atoms with Crippen molar-refractivity contribution in [3.63, 3.8) is 0 Å². The van der Waals surface area contributed by atoms with Gasteiger partial charge in [0.15, 0.2) is 11.0 Å². The van der Waals surface area contributed by atoms with Crippen molar-refractivity contribution in [3.05, 3.63) is 48.8 Å². The number of hydrogen-bond donors (Lipinski definition) is 0. The van der Waals surface area contributed by atoms with E-state index < -0.39 is 0 Å². The van der Waals surface area contributed by atoms with Crippen LogP contribution < -0.4 is 4.74 Å². The molecule has 0 saturated carbocycles. The number of ether oxygens (including phenoxy) is 2. The zero-order chi connectivity index (χ0) is 15.8. The van der Waals surface area contributed by atoms with Crippen molar-refractivity contribution in [3.8, 4) is 5.75 Å². The lowest BCUT2D eigenvalue weighted by atomic mass is 10.3. The lowest BCUT2D eigenvalue weighted by Crippen LogP contribution is -2.09. The molecule has 2 rings (SSSR count). The molecule has 0 fully saturated rings. The third-order valence-electron chi connectivity index (χ3n) is 2.76. The quantitative estimate of drug-likeness (QED) is 0.422. The van der Waals surface area contributed by atoms with Crippen LogP contribution in [0.2, 0.25) is 0 Å². The van der Waals surface area contributed by atoms with Gasteiger partial charge in [-0.2, -0.15) is 0 Å². The molecule has 6 nitrogen and oxygen atoms in total. The Morgan fingerprint density at radius 2 is 2.14 bits per heavy atom. The second-order valence-electron chi connectivity index (χ2n) is 4.26. The van der Waals surface area contributed by atoms with Crippen LogP contribution in [0.3, 0.4) is 0 Å². The van der Waals surface area contributed by atoms with Gasteiger partial charge in [0.05, 0.1) is 12.9 Å². The lowest BCUT2D eigenvalue weighted by molar-refractivity contribution is -0.137. The molecule has 0 N–H and O–H groups in total. The number of aromatic nitrogens is 3. The maximum absolute atomic E-state index is 11.2. The van der Waals surface area contributed by atoms with Crippen LogP contribution in [0.1, 0.15) is 5.82 Å². The van der Waals surface area contributed by atoms with Gasteiger partial charge in [-0.15, -0.1) is 16.8 Å². The minimum atomic E-state index is -0.305. The van der Waals surface area contributed by atoms with E-state index in [0.29, 0.717) is 24.1 Å². The first kappa shape index (κ1) is 16.1. The highest BCUT2D eigenvalue weighted by Gasteiger charge is 2.14. The molecule has 116 valence electrons. The highest BCUT2D eigenvalue weighted by molar-refractivity contribution is 7.99. The molecule has 1 aromatic heterocycles. The monoisotopic (exact) mass is 319 g/mol. The number of para-hydroxylation sites is 1. The van der Waals surface area contributed by atoms with Crippen molar-refractivity contribution >= 4 is 17.7 Å². The lowest BCUT2D eigenvalue weighted by Gasteiger charge is -2.08.